The molecule has 3 heterocycles. The quantitative estimate of drug-likeness (QED) is 0.841. The van der Waals surface area contributed by atoms with Crippen LogP contribution in [0.1, 0.15) is 12.5 Å². The summed E-state index contributed by atoms with van der Waals surface area (Å²) in [5, 5.41) is 10.8. The zero-order valence-electron chi connectivity index (χ0n) is 13.0. The standard InChI is InChI=1S/C16H23N5O/c1-13(21-5-7-22-8-6-21)9-18-11-15-12-19-20-16(15)14-3-2-4-17-10-14/h2-4,10,12-13,18H,5-9,11H2,1H3,(H,19,20)/t13-/m1/s1. The molecular formula is C16H23N5O. The molecule has 22 heavy (non-hydrogen) atoms. The molecule has 3 rings (SSSR count). The van der Waals surface area contributed by atoms with Gasteiger partial charge in [0.2, 0.25) is 0 Å². The first-order valence-corrected chi connectivity index (χ1v) is 7.80. The molecule has 0 aliphatic carbocycles. The number of H-pyrrole nitrogens is 1. The first kappa shape index (κ1) is 15.1. The number of aromatic nitrogens is 3. The van der Waals surface area contributed by atoms with Crippen molar-refractivity contribution in [1.29, 1.82) is 0 Å². The van der Waals surface area contributed by atoms with E-state index in [1.807, 2.05) is 24.5 Å². The van der Waals surface area contributed by atoms with Crippen molar-refractivity contribution in [2.75, 3.05) is 32.8 Å². The van der Waals surface area contributed by atoms with E-state index in [0.717, 1.165) is 50.7 Å². The Kier molecular flexibility index (Phi) is 5.15. The topological polar surface area (TPSA) is 66.1 Å². The predicted octanol–water partition coefficient (Wildman–Crippen LogP) is 1.28. The molecule has 0 unspecified atom stereocenters. The average molecular weight is 301 g/mol. The Hall–Kier alpha value is -1.76. The third-order valence-electron chi connectivity index (χ3n) is 4.09. The van der Waals surface area contributed by atoms with Crippen LogP contribution in [-0.4, -0.2) is 59.0 Å². The number of morpholine rings is 1. The fourth-order valence-electron chi connectivity index (χ4n) is 2.77. The molecule has 0 radical (unpaired) electrons. The molecule has 1 fully saturated rings. The highest BCUT2D eigenvalue weighted by molar-refractivity contribution is 5.61. The smallest absolute Gasteiger partial charge is 0.0710 e. The predicted molar refractivity (Wildman–Crippen MR) is 85.4 cm³/mol. The first-order chi connectivity index (χ1) is 10.8. The Bertz CT molecular complexity index is 565. The maximum Gasteiger partial charge on any atom is 0.0710 e. The van der Waals surface area contributed by atoms with Crippen LogP contribution in [-0.2, 0) is 11.3 Å². The van der Waals surface area contributed by atoms with Gasteiger partial charge in [-0.1, -0.05) is 0 Å². The SMILES string of the molecule is C[C@H](CNCc1cn[nH]c1-c1cccnc1)N1CCOCC1. The number of nitrogens with zero attached hydrogens (tertiary/aromatic N) is 3. The number of hydrogen-bond donors (Lipinski definition) is 2. The van der Waals surface area contributed by atoms with Crippen LogP contribution < -0.4 is 5.32 Å². The lowest BCUT2D eigenvalue weighted by molar-refractivity contribution is 0.0203. The Labute approximate surface area is 130 Å². The summed E-state index contributed by atoms with van der Waals surface area (Å²) >= 11 is 0. The van der Waals surface area contributed by atoms with Gasteiger partial charge in [-0.3, -0.25) is 15.0 Å². The highest BCUT2D eigenvalue weighted by Gasteiger charge is 2.16. The van der Waals surface area contributed by atoms with E-state index in [9.17, 15) is 0 Å². The second-order valence-electron chi connectivity index (χ2n) is 5.64. The van der Waals surface area contributed by atoms with Crippen molar-refractivity contribution in [2.45, 2.75) is 19.5 Å². The molecular weight excluding hydrogens is 278 g/mol. The van der Waals surface area contributed by atoms with Gasteiger partial charge in [0.05, 0.1) is 25.1 Å². The van der Waals surface area contributed by atoms with Gasteiger partial charge in [-0.25, -0.2) is 0 Å². The Balaban J connectivity index is 1.53. The fourth-order valence-corrected chi connectivity index (χ4v) is 2.77. The zero-order valence-corrected chi connectivity index (χ0v) is 13.0. The lowest BCUT2D eigenvalue weighted by Gasteiger charge is -2.32. The number of hydrogen-bond acceptors (Lipinski definition) is 5. The largest absolute Gasteiger partial charge is 0.379 e. The van der Waals surface area contributed by atoms with Crippen molar-refractivity contribution >= 4 is 0 Å². The van der Waals surface area contributed by atoms with E-state index < -0.39 is 0 Å². The molecule has 1 saturated heterocycles. The molecule has 1 aliphatic heterocycles. The summed E-state index contributed by atoms with van der Waals surface area (Å²) in [6, 6.07) is 4.49. The normalized spacial score (nSPS) is 17.5. The van der Waals surface area contributed by atoms with Crippen molar-refractivity contribution in [3.63, 3.8) is 0 Å². The van der Waals surface area contributed by atoms with Crippen molar-refractivity contribution in [3.05, 3.63) is 36.3 Å². The molecule has 2 aromatic heterocycles. The van der Waals surface area contributed by atoms with Gasteiger partial charge < -0.3 is 10.1 Å². The number of rotatable bonds is 6. The van der Waals surface area contributed by atoms with Crippen LogP contribution in [0.5, 0.6) is 0 Å². The summed E-state index contributed by atoms with van der Waals surface area (Å²) < 4.78 is 5.40. The van der Waals surface area contributed by atoms with Crippen LogP contribution >= 0.6 is 0 Å². The molecule has 0 bridgehead atoms. The maximum absolute atomic E-state index is 5.40. The third-order valence-corrected chi connectivity index (χ3v) is 4.09. The zero-order chi connectivity index (χ0) is 15.2. The number of ether oxygens (including phenoxy) is 1. The molecule has 1 aliphatic rings. The van der Waals surface area contributed by atoms with Crippen LogP contribution in [0.4, 0.5) is 0 Å². The number of pyridine rings is 1. The molecule has 1 atom stereocenters. The summed E-state index contributed by atoms with van der Waals surface area (Å²) in [5.74, 6) is 0. The van der Waals surface area contributed by atoms with Crippen LogP contribution in [0.2, 0.25) is 0 Å². The molecule has 0 saturated carbocycles. The van der Waals surface area contributed by atoms with E-state index in [0.29, 0.717) is 6.04 Å². The molecule has 0 amide bonds. The van der Waals surface area contributed by atoms with Gasteiger partial charge in [-0.05, 0) is 19.1 Å². The minimum absolute atomic E-state index is 0.512. The maximum atomic E-state index is 5.40. The summed E-state index contributed by atoms with van der Waals surface area (Å²) in [6.07, 6.45) is 5.52. The van der Waals surface area contributed by atoms with Crippen LogP contribution in [0.3, 0.4) is 0 Å². The highest BCUT2D eigenvalue weighted by Crippen LogP contribution is 2.19. The van der Waals surface area contributed by atoms with Gasteiger partial charge >= 0.3 is 0 Å². The average Bonchev–Trinajstić information content (AvgIpc) is 3.05. The molecule has 6 heteroatoms. The summed E-state index contributed by atoms with van der Waals surface area (Å²) in [4.78, 5) is 6.63. The van der Waals surface area contributed by atoms with E-state index in [-0.39, 0.29) is 0 Å². The van der Waals surface area contributed by atoms with Gasteiger partial charge in [0.25, 0.3) is 0 Å². The summed E-state index contributed by atoms with van der Waals surface area (Å²) in [5.41, 5.74) is 3.28. The van der Waals surface area contributed by atoms with Crippen molar-refractivity contribution in [1.82, 2.24) is 25.4 Å². The fraction of sp³-hybridized carbons (Fsp3) is 0.500. The van der Waals surface area contributed by atoms with Gasteiger partial charge in [-0.15, -0.1) is 0 Å². The molecule has 118 valence electrons. The van der Waals surface area contributed by atoms with Gasteiger partial charge in [0, 0.05) is 55.7 Å². The van der Waals surface area contributed by atoms with Crippen LogP contribution in [0.25, 0.3) is 11.3 Å². The minimum Gasteiger partial charge on any atom is -0.379 e. The van der Waals surface area contributed by atoms with Crippen LogP contribution in [0.15, 0.2) is 30.7 Å². The molecule has 2 N–H and O–H groups in total. The van der Waals surface area contributed by atoms with E-state index in [2.05, 4.69) is 32.3 Å². The van der Waals surface area contributed by atoms with Gasteiger partial charge in [0.1, 0.15) is 0 Å². The number of aromatic amines is 1. The van der Waals surface area contributed by atoms with Crippen molar-refractivity contribution in [2.24, 2.45) is 0 Å². The second kappa shape index (κ2) is 7.49. The Morgan fingerprint density at radius 2 is 2.23 bits per heavy atom. The second-order valence-corrected chi connectivity index (χ2v) is 5.64. The molecule has 0 spiro atoms. The monoisotopic (exact) mass is 301 g/mol. The Morgan fingerprint density at radius 3 is 3.00 bits per heavy atom. The summed E-state index contributed by atoms with van der Waals surface area (Å²) in [7, 11) is 0. The summed E-state index contributed by atoms with van der Waals surface area (Å²) in [6.45, 7) is 7.75. The lowest BCUT2D eigenvalue weighted by Crippen LogP contribution is -2.46. The van der Waals surface area contributed by atoms with E-state index >= 15 is 0 Å². The van der Waals surface area contributed by atoms with Gasteiger partial charge in [0.15, 0.2) is 0 Å². The minimum atomic E-state index is 0.512. The van der Waals surface area contributed by atoms with Crippen molar-refractivity contribution < 1.29 is 4.74 Å². The number of nitrogens with one attached hydrogen (secondary N) is 2. The Morgan fingerprint density at radius 1 is 1.36 bits per heavy atom. The lowest BCUT2D eigenvalue weighted by atomic mass is 10.1. The van der Waals surface area contributed by atoms with E-state index in [1.54, 1.807) is 6.20 Å². The highest BCUT2D eigenvalue weighted by atomic mass is 16.5. The molecule has 0 aromatic carbocycles. The van der Waals surface area contributed by atoms with E-state index in [1.165, 1.54) is 5.56 Å². The molecule has 2 aromatic rings. The van der Waals surface area contributed by atoms with E-state index in [4.69, 9.17) is 4.74 Å². The van der Waals surface area contributed by atoms with Crippen molar-refractivity contribution in [3.8, 4) is 11.3 Å². The molecule has 6 nitrogen and oxygen atoms in total. The van der Waals surface area contributed by atoms with Gasteiger partial charge in [-0.2, -0.15) is 5.10 Å². The first-order valence-electron chi connectivity index (χ1n) is 7.80. The van der Waals surface area contributed by atoms with Crippen LogP contribution in [0, 0.1) is 0 Å². The third kappa shape index (κ3) is 3.71.